The lowest BCUT2D eigenvalue weighted by molar-refractivity contribution is 0.144. The largest absolute Gasteiger partial charge is 0.511 e. The lowest BCUT2D eigenvalue weighted by atomic mass is 10.1. The minimum atomic E-state index is -1.36. The van der Waals surface area contributed by atoms with Crippen LogP contribution in [0.15, 0.2) is 12.1 Å². The molecule has 0 fully saturated rings. The fourth-order valence-corrected chi connectivity index (χ4v) is 4.25. The fourth-order valence-electron chi connectivity index (χ4n) is 4.25. The van der Waals surface area contributed by atoms with E-state index in [1.807, 2.05) is 0 Å². The quantitative estimate of drug-likeness (QED) is 0.0782. The summed E-state index contributed by atoms with van der Waals surface area (Å²) in [5, 5.41) is 9.18. The zero-order chi connectivity index (χ0) is 27.0. The van der Waals surface area contributed by atoms with Gasteiger partial charge in [-0.3, -0.25) is 0 Å². The number of hydrogen-bond donors (Lipinski definition) is 1. The molecule has 0 amide bonds. The van der Waals surface area contributed by atoms with E-state index in [9.17, 15) is 9.90 Å². The maximum Gasteiger partial charge on any atom is 0.511 e. The molecule has 214 valence electrons. The van der Waals surface area contributed by atoms with Crippen LogP contribution in [0.2, 0.25) is 0 Å². The van der Waals surface area contributed by atoms with Crippen LogP contribution in [0.3, 0.4) is 0 Å². The molecule has 0 spiro atoms. The molecule has 1 rings (SSSR count). The van der Waals surface area contributed by atoms with E-state index in [2.05, 4.69) is 20.8 Å². The Balaban J connectivity index is 2.83. The highest BCUT2D eigenvalue weighted by molar-refractivity contribution is 5.64. The molecule has 0 aromatic heterocycles. The van der Waals surface area contributed by atoms with Crippen molar-refractivity contribution in [3.63, 3.8) is 0 Å². The Labute approximate surface area is 226 Å². The van der Waals surface area contributed by atoms with Gasteiger partial charge in [0.2, 0.25) is 5.75 Å². The zero-order valence-electron chi connectivity index (χ0n) is 24.0. The maximum atomic E-state index is 11.2. The summed E-state index contributed by atoms with van der Waals surface area (Å²) in [5.41, 5.74) is 0. The fraction of sp³-hybridized carbons (Fsp3) is 0.774. The molecule has 0 saturated carbocycles. The number of carboxylic acid groups (broad SMARTS) is 1. The maximum absolute atomic E-state index is 11.2. The topological polar surface area (TPSA) is 74.2 Å². The number of ether oxygens (including phenoxy) is 4. The van der Waals surface area contributed by atoms with Crippen molar-refractivity contribution in [1.82, 2.24) is 0 Å². The van der Waals surface area contributed by atoms with Crippen LogP contribution in [0.1, 0.15) is 136 Å². The number of unbranched alkanes of at least 4 members (excludes halogenated alkanes) is 15. The van der Waals surface area contributed by atoms with Crippen molar-refractivity contribution in [2.75, 3.05) is 19.8 Å². The number of carbonyl (C=O) groups is 1. The number of rotatable bonds is 25. The SMILES string of the molecule is CCCCCCCCOc1cc(OC(=O)O)cc(OCCCCCCCC)c1OCCCCCCCC. The Hall–Kier alpha value is -2.11. The molecule has 6 nitrogen and oxygen atoms in total. The van der Waals surface area contributed by atoms with E-state index in [1.165, 1.54) is 77.0 Å². The summed E-state index contributed by atoms with van der Waals surface area (Å²) in [6.45, 7) is 8.33. The van der Waals surface area contributed by atoms with Crippen LogP contribution >= 0.6 is 0 Å². The third-order valence-electron chi connectivity index (χ3n) is 6.45. The van der Waals surface area contributed by atoms with Gasteiger partial charge in [0.25, 0.3) is 0 Å². The van der Waals surface area contributed by atoms with Gasteiger partial charge in [-0.15, -0.1) is 0 Å². The van der Waals surface area contributed by atoms with Crippen molar-refractivity contribution in [2.24, 2.45) is 0 Å². The van der Waals surface area contributed by atoms with E-state index >= 15 is 0 Å². The Morgan fingerprint density at radius 3 is 1.30 bits per heavy atom. The molecule has 1 aromatic rings. The lowest BCUT2D eigenvalue weighted by Crippen LogP contribution is -2.08. The molecule has 37 heavy (non-hydrogen) atoms. The van der Waals surface area contributed by atoms with Crippen LogP contribution in [0.25, 0.3) is 0 Å². The first-order valence-electron chi connectivity index (χ1n) is 15.1. The minimum Gasteiger partial charge on any atom is -0.489 e. The highest BCUT2D eigenvalue weighted by Gasteiger charge is 2.18. The normalized spacial score (nSPS) is 10.9. The number of hydrogen-bond acceptors (Lipinski definition) is 5. The second kappa shape index (κ2) is 23.0. The molecule has 0 heterocycles. The molecule has 0 radical (unpaired) electrons. The number of benzene rings is 1. The molecule has 1 N–H and O–H groups in total. The summed E-state index contributed by atoms with van der Waals surface area (Å²) in [7, 11) is 0. The van der Waals surface area contributed by atoms with Crippen molar-refractivity contribution in [2.45, 2.75) is 136 Å². The first-order chi connectivity index (χ1) is 18.1. The summed E-state index contributed by atoms with van der Waals surface area (Å²) in [6, 6.07) is 3.22. The molecular weight excluding hydrogens is 468 g/mol. The van der Waals surface area contributed by atoms with Gasteiger partial charge >= 0.3 is 6.16 Å². The second-order valence-corrected chi connectivity index (χ2v) is 9.97. The molecule has 6 heteroatoms. The van der Waals surface area contributed by atoms with Gasteiger partial charge in [0.05, 0.1) is 19.8 Å². The monoisotopic (exact) mass is 522 g/mol. The average Bonchev–Trinajstić information content (AvgIpc) is 2.87. The van der Waals surface area contributed by atoms with Gasteiger partial charge in [0.1, 0.15) is 5.75 Å². The van der Waals surface area contributed by atoms with Gasteiger partial charge in [0, 0.05) is 12.1 Å². The second-order valence-electron chi connectivity index (χ2n) is 9.97. The van der Waals surface area contributed by atoms with Gasteiger partial charge in [-0.2, -0.15) is 0 Å². The third-order valence-corrected chi connectivity index (χ3v) is 6.45. The van der Waals surface area contributed by atoms with Gasteiger partial charge in [-0.05, 0) is 19.3 Å². The smallest absolute Gasteiger partial charge is 0.489 e. The van der Waals surface area contributed by atoms with Crippen LogP contribution in [0.4, 0.5) is 4.79 Å². The van der Waals surface area contributed by atoms with Crippen LogP contribution in [-0.4, -0.2) is 31.1 Å². The molecule has 0 aliphatic heterocycles. The van der Waals surface area contributed by atoms with Gasteiger partial charge in [-0.1, -0.05) is 117 Å². The highest BCUT2D eigenvalue weighted by Crippen LogP contribution is 2.42. The molecule has 1 aromatic carbocycles. The lowest BCUT2D eigenvalue weighted by Gasteiger charge is -2.18. The average molecular weight is 523 g/mol. The Morgan fingerprint density at radius 1 is 0.568 bits per heavy atom. The highest BCUT2D eigenvalue weighted by atomic mass is 16.7. The summed E-state index contributed by atoms with van der Waals surface area (Å²) in [5.74, 6) is 1.74. The molecule has 0 saturated heterocycles. The first-order valence-corrected chi connectivity index (χ1v) is 15.1. The summed E-state index contributed by atoms with van der Waals surface area (Å²) >= 11 is 0. The van der Waals surface area contributed by atoms with E-state index in [0.717, 1.165) is 38.5 Å². The van der Waals surface area contributed by atoms with Crippen molar-refractivity contribution in [1.29, 1.82) is 0 Å². The van der Waals surface area contributed by atoms with E-state index < -0.39 is 6.16 Å². The molecule has 0 bridgehead atoms. The van der Waals surface area contributed by atoms with E-state index in [1.54, 1.807) is 12.1 Å². The van der Waals surface area contributed by atoms with Crippen LogP contribution in [0, 0.1) is 0 Å². The van der Waals surface area contributed by atoms with Crippen LogP contribution in [-0.2, 0) is 0 Å². The molecule has 0 aliphatic carbocycles. The van der Waals surface area contributed by atoms with Gasteiger partial charge in [-0.25, -0.2) is 4.79 Å². The van der Waals surface area contributed by atoms with Crippen molar-refractivity contribution in [3.05, 3.63) is 12.1 Å². The van der Waals surface area contributed by atoms with Crippen molar-refractivity contribution in [3.8, 4) is 23.0 Å². The summed E-state index contributed by atoms with van der Waals surface area (Å²) in [6.07, 6.45) is 19.7. The van der Waals surface area contributed by atoms with E-state index in [-0.39, 0.29) is 5.75 Å². The Kier molecular flexibility index (Phi) is 20.5. The molecule has 0 unspecified atom stereocenters. The molecule has 0 aliphatic rings. The Morgan fingerprint density at radius 2 is 0.919 bits per heavy atom. The Bertz CT molecular complexity index is 651. The minimum absolute atomic E-state index is 0.190. The molecular formula is C31H54O6. The third kappa shape index (κ3) is 17.1. The van der Waals surface area contributed by atoms with Crippen LogP contribution in [0.5, 0.6) is 23.0 Å². The summed E-state index contributed by atoms with van der Waals surface area (Å²) in [4.78, 5) is 11.2. The molecule has 0 atom stereocenters. The predicted molar refractivity (Wildman–Crippen MR) is 152 cm³/mol. The predicted octanol–water partition coefficient (Wildman–Crippen LogP) is 9.96. The van der Waals surface area contributed by atoms with E-state index in [0.29, 0.717) is 37.1 Å². The standard InChI is InChI=1S/C31H54O6/c1-4-7-10-13-16-19-22-34-28-25-27(37-31(32)33)26-29(35-23-20-17-14-11-8-5-2)30(28)36-24-21-18-15-12-9-6-3/h25-26H,4-24H2,1-3H3,(H,32,33). The first kappa shape index (κ1) is 32.9. The van der Waals surface area contributed by atoms with Gasteiger partial charge < -0.3 is 24.1 Å². The van der Waals surface area contributed by atoms with E-state index in [4.69, 9.17) is 18.9 Å². The van der Waals surface area contributed by atoms with Gasteiger partial charge in [0.15, 0.2) is 11.5 Å². The van der Waals surface area contributed by atoms with Crippen molar-refractivity contribution < 1.29 is 28.8 Å². The van der Waals surface area contributed by atoms with Crippen LogP contribution < -0.4 is 18.9 Å². The van der Waals surface area contributed by atoms with Crippen molar-refractivity contribution >= 4 is 6.16 Å². The zero-order valence-corrected chi connectivity index (χ0v) is 24.0. The summed E-state index contributed by atoms with van der Waals surface area (Å²) < 4.78 is 23.4.